The Hall–Kier alpha value is -1.35. The molecule has 92 valence electrons. The zero-order valence-corrected chi connectivity index (χ0v) is 10.3. The van der Waals surface area contributed by atoms with E-state index >= 15 is 0 Å². The second-order valence-corrected chi connectivity index (χ2v) is 4.38. The van der Waals surface area contributed by atoms with E-state index in [4.69, 9.17) is 9.47 Å². The Kier molecular flexibility index (Phi) is 3.79. The summed E-state index contributed by atoms with van der Waals surface area (Å²) in [6.45, 7) is 5.32. The van der Waals surface area contributed by atoms with Gasteiger partial charge in [-0.05, 0) is 43.5 Å². The molecule has 0 aromatic heterocycles. The zero-order valence-electron chi connectivity index (χ0n) is 10.3. The number of rotatable bonds is 4. The van der Waals surface area contributed by atoms with Crippen molar-refractivity contribution in [2.45, 2.75) is 26.4 Å². The Labute approximate surface area is 102 Å². The molecule has 1 aliphatic heterocycles. The molecule has 0 saturated carbocycles. The second-order valence-electron chi connectivity index (χ2n) is 4.38. The molecule has 1 heterocycles. The molecule has 17 heavy (non-hydrogen) atoms. The lowest BCUT2D eigenvalue weighted by molar-refractivity contribution is 0.0579. The Morgan fingerprint density at radius 2 is 2.12 bits per heavy atom. The molecular formula is C14H18O3. The number of hydrogen-bond acceptors (Lipinski definition) is 3. The average Bonchev–Trinajstić information content (AvgIpc) is 2.76. The molecule has 0 spiro atoms. The van der Waals surface area contributed by atoms with Crippen molar-refractivity contribution >= 4 is 5.78 Å². The van der Waals surface area contributed by atoms with Crippen LogP contribution in [0.3, 0.4) is 0 Å². The smallest absolute Gasteiger partial charge is 0.191 e. The Morgan fingerprint density at radius 3 is 2.65 bits per heavy atom. The quantitative estimate of drug-likeness (QED) is 0.751. The van der Waals surface area contributed by atoms with Gasteiger partial charge in [0.1, 0.15) is 11.9 Å². The molecular weight excluding hydrogens is 216 g/mol. The molecule has 1 aliphatic rings. The minimum atomic E-state index is -0.270. The summed E-state index contributed by atoms with van der Waals surface area (Å²) in [5.41, 5.74) is 0.701. The maximum absolute atomic E-state index is 12.2. The lowest BCUT2D eigenvalue weighted by Crippen LogP contribution is -2.25. The first kappa shape index (κ1) is 12.1. The van der Waals surface area contributed by atoms with E-state index in [0.717, 1.165) is 12.2 Å². The number of carbonyl (C=O) groups is 1. The zero-order chi connectivity index (χ0) is 12.3. The van der Waals surface area contributed by atoms with E-state index in [9.17, 15) is 4.79 Å². The van der Waals surface area contributed by atoms with E-state index in [0.29, 0.717) is 24.7 Å². The third kappa shape index (κ3) is 2.67. The number of ether oxygens (including phenoxy) is 2. The van der Waals surface area contributed by atoms with Gasteiger partial charge in [0, 0.05) is 12.2 Å². The normalized spacial score (nSPS) is 23.6. The number of hydrogen-bond donors (Lipinski definition) is 0. The van der Waals surface area contributed by atoms with Crippen LogP contribution in [0.5, 0.6) is 5.75 Å². The van der Waals surface area contributed by atoms with Crippen LogP contribution in [0, 0.1) is 5.92 Å². The molecule has 0 radical (unpaired) electrons. The van der Waals surface area contributed by atoms with Crippen LogP contribution in [0.4, 0.5) is 0 Å². The first-order valence-electron chi connectivity index (χ1n) is 6.11. The van der Waals surface area contributed by atoms with Crippen molar-refractivity contribution in [2.24, 2.45) is 5.92 Å². The molecule has 1 aromatic rings. The van der Waals surface area contributed by atoms with Gasteiger partial charge in [-0.15, -0.1) is 0 Å². The Bertz CT molecular complexity index is 383. The summed E-state index contributed by atoms with van der Waals surface area (Å²) < 4.78 is 10.8. The van der Waals surface area contributed by atoms with Crippen molar-refractivity contribution < 1.29 is 14.3 Å². The highest BCUT2D eigenvalue weighted by Crippen LogP contribution is 2.24. The summed E-state index contributed by atoms with van der Waals surface area (Å²) in [6, 6.07) is 7.27. The van der Waals surface area contributed by atoms with Gasteiger partial charge in [0.2, 0.25) is 0 Å². The second kappa shape index (κ2) is 5.32. The molecule has 2 atom stereocenters. The highest BCUT2D eigenvalue weighted by Gasteiger charge is 2.31. The number of ketones is 1. The monoisotopic (exact) mass is 234 g/mol. The highest BCUT2D eigenvalue weighted by molar-refractivity contribution is 5.99. The standard InChI is InChI=1S/C14H18O3/c1-3-16-12-6-4-11(5-7-12)13(15)14-10(2)8-9-17-14/h4-7,10,14H,3,8-9H2,1-2H3. The maximum atomic E-state index is 12.2. The first-order chi connectivity index (χ1) is 8.22. The molecule has 3 heteroatoms. The predicted octanol–water partition coefficient (Wildman–Crippen LogP) is 2.69. The van der Waals surface area contributed by atoms with E-state index in [1.54, 1.807) is 0 Å². The van der Waals surface area contributed by atoms with Gasteiger partial charge in [-0.1, -0.05) is 6.92 Å². The average molecular weight is 234 g/mol. The summed E-state index contributed by atoms with van der Waals surface area (Å²) in [4.78, 5) is 12.2. The van der Waals surface area contributed by atoms with E-state index in [-0.39, 0.29) is 11.9 Å². The summed E-state index contributed by atoms with van der Waals surface area (Å²) in [5.74, 6) is 1.19. The SMILES string of the molecule is CCOc1ccc(C(=O)C2OCCC2C)cc1. The van der Waals surface area contributed by atoms with Crippen molar-refractivity contribution in [3.8, 4) is 5.75 Å². The van der Waals surface area contributed by atoms with Crippen LogP contribution in [0.15, 0.2) is 24.3 Å². The van der Waals surface area contributed by atoms with Gasteiger partial charge >= 0.3 is 0 Å². The largest absolute Gasteiger partial charge is 0.494 e. The van der Waals surface area contributed by atoms with Crippen molar-refractivity contribution in [1.82, 2.24) is 0 Å². The maximum Gasteiger partial charge on any atom is 0.191 e. The third-order valence-electron chi connectivity index (χ3n) is 3.10. The number of Topliss-reactive ketones (excluding diaryl/α,β-unsaturated/α-hetero) is 1. The van der Waals surface area contributed by atoms with E-state index in [1.807, 2.05) is 31.2 Å². The van der Waals surface area contributed by atoms with E-state index < -0.39 is 0 Å². The first-order valence-corrected chi connectivity index (χ1v) is 6.11. The molecule has 2 unspecified atom stereocenters. The molecule has 1 fully saturated rings. The van der Waals surface area contributed by atoms with Gasteiger partial charge < -0.3 is 9.47 Å². The summed E-state index contributed by atoms with van der Waals surface area (Å²) in [6.07, 6.45) is 0.695. The van der Waals surface area contributed by atoms with Gasteiger partial charge in [0.05, 0.1) is 6.61 Å². The molecule has 1 aromatic carbocycles. The third-order valence-corrected chi connectivity index (χ3v) is 3.10. The minimum absolute atomic E-state index is 0.0815. The van der Waals surface area contributed by atoms with Crippen molar-refractivity contribution in [3.63, 3.8) is 0 Å². The summed E-state index contributed by atoms with van der Waals surface area (Å²) in [5, 5.41) is 0. The number of benzene rings is 1. The Morgan fingerprint density at radius 1 is 1.41 bits per heavy atom. The molecule has 0 N–H and O–H groups in total. The fourth-order valence-electron chi connectivity index (χ4n) is 2.08. The van der Waals surface area contributed by atoms with Gasteiger partial charge in [-0.3, -0.25) is 4.79 Å². The van der Waals surface area contributed by atoms with Crippen LogP contribution in [0.25, 0.3) is 0 Å². The highest BCUT2D eigenvalue weighted by atomic mass is 16.5. The van der Waals surface area contributed by atoms with Gasteiger partial charge in [-0.2, -0.15) is 0 Å². The lowest BCUT2D eigenvalue weighted by atomic mass is 9.96. The van der Waals surface area contributed by atoms with Crippen LogP contribution in [0.1, 0.15) is 30.6 Å². The van der Waals surface area contributed by atoms with Crippen LogP contribution < -0.4 is 4.74 Å². The number of carbonyl (C=O) groups excluding carboxylic acids is 1. The summed E-state index contributed by atoms with van der Waals surface area (Å²) in [7, 11) is 0. The molecule has 0 bridgehead atoms. The van der Waals surface area contributed by atoms with Gasteiger partial charge in [-0.25, -0.2) is 0 Å². The molecule has 0 aliphatic carbocycles. The van der Waals surface area contributed by atoms with Gasteiger partial charge in [0.15, 0.2) is 5.78 Å². The minimum Gasteiger partial charge on any atom is -0.494 e. The van der Waals surface area contributed by atoms with E-state index in [2.05, 4.69) is 6.92 Å². The van der Waals surface area contributed by atoms with Crippen LogP contribution >= 0.6 is 0 Å². The van der Waals surface area contributed by atoms with Crippen molar-refractivity contribution in [1.29, 1.82) is 0 Å². The Balaban J connectivity index is 2.08. The van der Waals surface area contributed by atoms with E-state index in [1.165, 1.54) is 0 Å². The summed E-state index contributed by atoms with van der Waals surface area (Å²) >= 11 is 0. The predicted molar refractivity (Wildman–Crippen MR) is 65.5 cm³/mol. The topological polar surface area (TPSA) is 35.5 Å². The fraction of sp³-hybridized carbons (Fsp3) is 0.500. The molecule has 1 saturated heterocycles. The van der Waals surface area contributed by atoms with Crippen molar-refractivity contribution in [2.75, 3.05) is 13.2 Å². The molecule has 0 amide bonds. The van der Waals surface area contributed by atoms with Gasteiger partial charge in [0.25, 0.3) is 0 Å². The molecule has 2 rings (SSSR count). The fourth-order valence-corrected chi connectivity index (χ4v) is 2.08. The lowest BCUT2D eigenvalue weighted by Gasteiger charge is -2.13. The molecule has 3 nitrogen and oxygen atoms in total. The van der Waals surface area contributed by atoms with Crippen LogP contribution in [-0.4, -0.2) is 25.1 Å². The van der Waals surface area contributed by atoms with Crippen LogP contribution in [0.2, 0.25) is 0 Å². The van der Waals surface area contributed by atoms with Crippen molar-refractivity contribution in [3.05, 3.63) is 29.8 Å². The van der Waals surface area contributed by atoms with Crippen LogP contribution in [-0.2, 0) is 4.74 Å².